The molecule has 114 valence electrons. The Morgan fingerprint density at radius 2 is 2.00 bits per heavy atom. The lowest BCUT2D eigenvalue weighted by molar-refractivity contribution is -0.684. The highest BCUT2D eigenvalue weighted by Gasteiger charge is 2.07. The van der Waals surface area contributed by atoms with Gasteiger partial charge in [-0.15, -0.1) is 0 Å². The Morgan fingerprint density at radius 3 is 2.68 bits per heavy atom. The van der Waals surface area contributed by atoms with Crippen molar-refractivity contribution in [2.45, 2.75) is 6.54 Å². The minimum Gasteiger partial charge on any atom is -0.497 e. The van der Waals surface area contributed by atoms with Crippen molar-refractivity contribution < 1.29 is 18.8 Å². The molecule has 0 radical (unpaired) electrons. The number of carbonyl (C=O) groups is 1. The van der Waals surface area contributed by atoms with Crippen LogP contribution in [0.4, 0.5) is 0 Å². The number of hydrogen-bond donors (Lipinski definition) is 1. The molecule has 0 aliphatic rings. The highest BCUT2D eigenvalue weighted by atomic mass is 16.5. The van der Waals surface area contributed by atoms with Crippen molar-refractivity contribution in [3.63, 3.8) is 0 Å². The number of nitrogens with zero attached hydrogens (tertiary/aromatic N) is 2. The lowest BCUT2D eigenvalue weighted by atomic mass is 10.2. The van der Waals surface area contributed by atoms with Crippen LogP contribution in [0.15, 0.2) is 53.9 Å². The number of aromatic nitrogens is 1. The fraction of sp³-hybridized carbons (Fsp3) is 0.188. The van der Waals surface area contributed by atoms with Crippen LogP contribution in [-0.2, 0) is 11.3 Å². The van der Waals surface area contributed by atoms with Crippen LogP contribution < -0.4 is 19.5 Å². The van der Waals surface area contributed by atoms with Crippen LogP contribution in [0.3, 0.4) is 0 Å². The first-order chi connectivity index (χ1) is 10.7. The second-order valence-corrected chi connectivity index (χ2v) is 4.45. The van der Waals surface area contributed by atoms with E-state index in [1.54, 1.807) is 37.0 Å². The van der Waals surface area contributed by atoms with Crippen molar-refractivity contribution in [1.82, 2.24) is 5.43 Å². The first-order valence-corrected chi connectivity index (χ1v) is 6.71. The number of carbonyl (C=O) groups excluding carboxylic acids is 1. The van der Waals surface area contributed by atoms with Crippen LogP contribution in [-0.4, -0.2) is 26.3 Å². The summed E-state index contributed by atoms with van der Waals surface area (Å²) in [6, 6.07) is 11.0. The molecule has 2 rings (SSSR count). The summed E-state index contributed by atoms with van der Waals surface area (Å²) in [7, 11) is 3.15. The summed E-state index contributed by atoms with van der Waals surface area (Å²) in [5.74, 6) is 1.10. The molecular weight excluding hydrogens is 282 g/mol. The third kappa shape index (κ3) is 4.31. The SMILES string of the molecule is COc1ccc(C=NNC(=O)C[n+]2ccccc2)c(OC)c1. The maximum atomic E-state index is 11.8. The predicted octanol–water partition coefficient (Wildman–Crippen LogP) is 1.14. The van der Waals surface area contributed by atoms with E-state index in [0.29, 0.717) is 11.5 Å². The first-order valence-electron chi connectivity index (χ1n) is 6.71. The van der Waals surface area contributed by atoms with Gasteiger partial charge in [0.1, 0.15) is 11.5 Å². The maximum Gasteiger partial charge on any atom is 0.305 e. The Hall–Kier alpha value is -2.89. The van der Waals surface area contributed by atoms with E-state index in [1.807, 2.05) is 30.6 Å². The Balaban J connectivity index is 1.96. The maximum absolute atomic E-state index is 11.8. The van der Waals surface area contributed by atoms with E-state index < -0.39 is 0 Å². The van der Waals surface area contributed by atoms with Gasteiger partial charge in [0.25, 0.3) is 0 Å². The van der Waals surface area contributed by atoms with Gasteiger partial charge in [0.2, 0.25) is 6.54 Å². The highest BCUT2D eigenvalue weighted by Crippen LogP contribution is 2.22. The van der Waals surface area contributed by atoms with Crippen LogP contribution in [0.2, 0.25) is 0 Å². The summed E-state index contributed by atoms with van der Waals surface area (Å²) >= 11 is 0. The number of hydrogen-bond acceptors (Lipinski definition) is 4. The van der Waals surface area contributed by atoms with E-state index in [4.69, 9.17) is 9.47 Å². The molecule has 22 heavy (non-hydrogen) atoms. The highest BCUT2D eigenvalue weighted by molar-refractivity contribution is 5.85. The monoisotopic (exact) mass is 300 g/mol. The Labute approximate surface area is 129 Å². The zero-order valence-corrected chi connectivity index (χ0v) is 12.5. The molecule has 0 saturated carbocycles. The number of nitrogens with one attached hydrogen (secondary N) is 1. The minimum atomic E-state index is -0.208. The summed E-state index contributed by atoms with van der Waals surface area (Å²) in [5.41, 5.74) is 3.23. The third-order valence-corrected chi connectivity index (χ3v) is 2.94. The fourth-order valence-corrected chi connectivity index (χ4v) is 1.84. The van der Waals surface area contributed by atoms with Gasteiger partial charge >= 0.3 is 5.91 Å². The van der Waals surface area contributed by atoms with Crippen LogP contribution in [0, 0.1) is 0 Å². The van der Waals surface area contributed by atoms with Crippen LogP contribution in [0.1, 0.15) is 5.56 Å². The number of hydrazone groups is 1. The van der Waals surface area contributed by atoms with Crippen LogP contribution in [0.25, 0.3) is 0 Å². The number of methoxy groups -OCH3 is 2. The van der Waals surface area contributed by atoms with Gasteiger partial charge in [-0.3, -0.25) is 4.79 Å². The molecule has 1 heterocycles. The van der Waals surface area contributed by atoms with E-state index in [1.165, 1.54) is 6.21 Å². The summed E-state index contributed by atoms with van der Waals surface area (Å²) in [5, 5.41) is 3.94. The standard InChI is InChI=1S/C16H17N3O3/c1-21-14-7-6-13(15(10-14)22-2)11-17-18-16(20)12-19-8-4-3-5-9-19/h3-11H,12H2,1-2H3/p+1. The number of rotatable bonds is 6. The summed E-state index contributed by atoms with van der Waals surface area (Å²) in [4.78, 5) is 11.8. The van der Waals surface area contributed by atoms with E-state index in [2.05, 4.69) is 10.5 Å². The molecule has 1 aromatic carbocycles. The largest absolute Gasteiger partial charge is 0.497 e. The van der Waals surface area contributed by atoms with Crippen molar-refractivity contribution in [3.05, 3.63) is 54.4 Å². The fourth-order valence-electron chi connectivity index (χ4n) is 1.84. The number of pyridine rings is 1. The van der Waals surface area contributed by atoms with Crippen molar-refractivity contribution in [2.24, 2.45) is 5.10 Å². The molecule has 0 spiro atoms. The molecule has 6 nitrogen and oxygen atoms in total. The lowest BCUT2D eigenvalue weighted by Gasteiger charge is -2.06. The molecule has 0 saturated heterocycles. The van der Waals surface area contributed by atoms with Gasteiger partial charge in [0, 0.05) is 23.8 Å². The van der Waals surface area contributed by atoms with Gasteiger partial charge in [-0.25, -0.2) is 5.43 Å². The first kappa shape index (κ1) is 15.5. The molecular formula is C16H18N3O3+. The van der Waals surface area contributed by atoms with Gasteiger partial charge in [-0.2, -0.15) is 9.67 Å². The Kier molecular flexibility index (Phi) is 5.48. The van der Waals surface area contributed by atoms with E-state index >= 15 is 0 Å². The second kappa shape index (κ2) is 7.78. The molecule has 1 aromatic heterocycles. The quantitative estimate of drug-likeness (QED) is 0.494. The number of ether oxygens (including phenoxy) is 2. The predicted molar refractivity (Wildman–Crippen MR) is 81.9 cm³/mol. The van der Waals surface area contributed by atoms with Gasteiger partial charge in [-0.05, 0) is 12.1 Å². The van der Waals surface area contributed by atoms with Crippen molar-refractivity contribution in [2.75, 3.05) is 14.2 Å². The molecule has 0 atom stereocenters. The average Bonchev–Trinajstić information content (AvgIpc) is 2.56. The summed E-state index contributed by atoms with van der Waals surface area (Å²) in [6.07, 6.45) is 5.16. The molecule has 0 unspecified atom stereocenters. The Morgan fingerprint density at radius 1 is 1.23 bits per heavy atom. The zero-order valence-electron chi connectivity index (χ0n) is 12.5. The van der Waals surface area contributed by atoms with Crippen molar-refractivity contribution in [1.29, 1.82) is 0 Å². The summed E-state index contributed by atoms with van der Waals surface area (Å²) < 4.78 is 12.1. The van der Waals surface area contributed by atoms with Gasteiger partial charge in [0.15, 0.2) is 12.4 Å². The zero-order chi connectivity index (χ0) is 15.8. The van der Waals surface area contributed by atoms with Gasteiger partial charge < -0.3 is 9.47 Å². The summed E-state index contributed by atoms with van der Waals surface area (Å²) in [6.45, 7) is 0.206. The molecule has 0 bridgehead atoms. The second-order valence-electron chi connectivity index (χ2n) is 4.45. The van der Waals surface area contributed by atoms with E-state index in [9.17, 15) is 4.79 Å². The Bertz CT molecular complexity index is 657. The van der Waals surface area contributed by atoms with Gasteiger partial charge in [-0.1, -0.05) is 6.07 Å². The van der Waals surface area contributed by atoms with Gasteiger partial charge in [0.05, 0.1) is 20.4 Å². The molecule has 2 aromatic rings. The van der Waals surface area contributed by atoms with Crippen LogP contribution >= 0.6 is 0 Å². The number of benzene rings is 1. The van der Waals surface area contributed by atoms with E-state index in [0.717, 1.165) is 5.56 Å². The minimum absolute atomic E-state index is 0.206. The van der Waals surface area contributed by atoms with Crippen molar-refractivity contribution >= 4 is 12.1 Å². The lowest BCUT2D eigenvalue weighted by Crippen LogP contribution is -2.40. The molecule has 1 amide bonds. The molecule has 0 aliphatic carbocycles. The average molecular weight is 300 g/mol. The molecule has 0 aliphatic heterocycles. The van der Waals surface area contributed by atoms with Crippen molar-refractivity contribution in [3.8, 4) is 11.5 Å². The molecule has 6 heteroatoms. The topological polar surface area (TPSA) is 63.8 Å². The smallest absolute Gasteiger partial charge is 0.305 e. The molecule has 0 fully saturated rings. The number of amides is 1. The molecule has 1 N–H and O–H groups in total. The van der Waals surface area contributed by atoms with Crippen LogP contribution in [0.5, 0.6) is 11.5 Å². The normalized spacial score (nSPS) is 10.5. The third-order valence-electron chi connectivity index (χ3n) is 2.94. The van der Waals surface area contributed by atoms with E-state index in [-0.39, 0.29) is 12.5 Å².